The number of unbranched alkanes of at least 4 members (excludes halogenated alkanes) is 24. The summed E-state index contributed by atoms with van der Waals surface area (Å²) in [5.74, 6) is -0.951. The van der Waals surface area contributed by atoms with Gasteiger partial charge >= 0.3 is 17.9 Å². The van der Waals surface area contributed by atoms with Crippen molar-refractivity contribution >= 4 is 17.9 Å². The highest BCUT2D eigenvalue weighted by atomic mass is 16.6. The molecule has 0 aromatic heterocycles. The van der Waals surface area contributed by atoms with Crippen molar-refractivity contribution < 1.29 is 28.6 Å². The lowest BCUT2D eigenvalue weighted by Crippen LogP contribution is -2.30. The van der Waals surface area contributed by atoms with Crippen molar-refractivity contribution in [3.05, 3.63) is 85.1 Å². The van der Waals surface area contributed by atoms with Gasteiger partial charge in [0.1, 0.15) is 13.2 Å². The van der Waals surface area contributed by atoms with Crippen LogP contribution in [0, 0.1) is 0 Å². The fourth-order valence-electron chi connectivity index (χ4n) is 7.47. The molecule has 0 spiro atoms. The lowest BCUT2D eigenvalue weighted by atomic mass is 10.0. The van der Waals surface area contributed by atoms with Gasteiger partial charge in [-0.15, -0.1) is 0 Å². The van der Waals surface area contributed by atoms with Gasteiger partial charge in [0.05, 0.1) is 0 Å². The summed E-state index contributed by atoms with van der Waals surface area (Å²) in [7, 11) is 0. The molecule has 1 unspecified atom stereocenters. The molecule has 0 bridgehead atoms. The second-order valence-electron chi connectivity index (χ2n) is 18.1. The number of ether oxygens (including phenoxy) is 3. The maximum absolute atomic E-state index is 12.8. The second kappa shape index (κ2) is 54.2. The normalized spacial score (nSPS) is 12.7. The SMILES string of the molecule is CC/C=C\C/C=C\C/C=C\C/C=C\CCCCC(=O)OC(COC(=O)CCCCCCC/C=C\CCC)COC(=O)CCCCCCCCCCCCC/C=C\C/C=C\CCCCCCC. The third-order valence-electron chi connectivity index (χ3n) is 11.6. The maximum Gasteiger partial charge on any atom is 0.306 e. The van der Waals surface area contributed by atoms with Crippen LogP contribution < -0.4 is 0 Å². The van der Waals surface area contributed by atoms with Crippen LogP contribution in [0.25, 0.3) is 0 Å². The molecule has 0 amide bonds. The van der Waals surface area contributed by atoms with Crippen LogP contribution in [0.3, 0.4) is 0 Å². The Morgan fingerprint density at radius 1 is 0.318 bits per heavy atom. The summed E-state index contributed by atoms with van der Waals surface area (Å²) in [6.45, 7) is 6.41. The largest absolute Gasteiger partial charge is 0.462 e. The number of hydrogen-bond acceptors (Lipinski definition) is 6. The summed E-state index contributed by atoms with van der Waals surface area (Å²) < 4.78 is 16.8. The van der Waals surface area contributed by atoms with E-state index in [1.54, 1.807) is 0 Å². The van der Waals surface area contributed by atoms with Gasteiger partial charge in [0.25, 0.3) is 0 Å². The van der Waals surface area contributed by atoms with E-state index in [9.17, 15) is 14.4 Å². The highest BCUT2D eigenvalue weighted by Crippen LogP contribution is 2.15. The van der Waals surface area contributed by atoms with Gasteiger partial charge in [0, 0.05) is 19.3 Å². The second-order valence-corrected chi connectivity index (χ2v) is 18.1. The molecular weight excluding hydrogens is 817 g/mol. The highest BCUT2D eigenvalue weighted by Gasteiger charge is 2.19. The molecule has 0 aliphatic rings. The van der Waals surface area contributed by atoms with Crippen LogP contribution in [0.15, 0.2) is 85.1 Å². The molecule has 66 heavy (non-hydrogen) atoms. The van der Waals surface area contributed by atoms with Crippen LogP contribution in [0.2, 0.25) is 0 Å². The number of hydrogen-bond donors (Lipinski definition) is 0. The molecule has 0 fully saturated rings. The first-order valence-corrected chi connectivity index (χ1v) is 27.6. The summed E-state index contributed by atoms with van der Waals surface area (Å²) in [6, 6.07) is 0. The third kappa shape index (κ3) is 51.6. The number of carbonyl (C=O) groups excluding carboxylic acids is 3. The van der Waals surface area contributed by atoms with Crippen LogP contribution in [0.5, 0.6) is 0 Å². The van der Waals surface area contributed by atoms with Crippen molar-refractivity contribution in [2.45, 2.75) is 264 Å². The Morgan fingerprint density at radius 2 is 0.621 bits per heavy atom. The van der Waals surface area contributed by atoms with E-state index in [2.05, 4.69) is 106 Å². The van der Waals surface area contributed by atoms with Crippen molar-refractivity contribution in [2.24, 2.45) is 0 Å². The fourth-order valence-corrected chi connectivity index (χ4v) is 7.47. The third-order valence-corrected chi connectivity index (χ3v) is 11.6. The predicted molar refractivity (Wildman–Crippen MR) is 284 cm³/mol. The Balaban J connectivity index is 4.32. The Labute approximate surface area is 407 Å². The Hall–Kier alpha value is -3.41. The number of carbonyl (C=O) groups is 3. The van der Waals surface area contributed by atoms with Crippen molar-refractivity contribution in [1.82, 2.24) is 0 Å². The number of allylic oxidation sites excluding steroid dienone is 14. The zero-order valence-corrected chi connectivity index (χ0v) is 43.2. The standard InChI is InChI=1S/C60H102O6/c1-4-7-10-13-16-19-22-24-26-27-28-29-30-31-32-33-35-36-38-41-44-47-50-53-59(62)65-56-57(55-64-58(61)52-49-46-43-40-21-18-15-12-9-6-3)66-60(63)54-51-48-45-42-39-37-34-25-23-20-17-14-11-8-5-2/h8,11-12,15,17,20,22,24-25,27-28,34,39,42,57H,4-7,9-10,13-14,16,18-19,21,23,26,29-33,35-38,40-41,43-56H2,1-3H3/b11-8-,15-12-,20-17-,24-22-,28-27-,34-25-,42-39-. The van der Waals surface area contributed by atoms with Crippen molar-refractivity contribution in [2.75, 3.05) is 13.2 Å². The van der Waals surface area contributed by atoms with Crippen molar-refractivity contribution in [3.8, 4) is 0 Å². The maximum atomic E-state index is 12.8. The smallest absolute Gasteiger partial charge is 0.306 e. The van der Waals surface area contributed by atoms with E-state index in [0.29, 0.717) is 19.3 Å². The van der Waals surface area contributed by atoms with E-state index in [1.807, 2.05) is 0 Å². The number of rotatable bonds is 49. The van der Waals surface area contributed by atoms with Crippen LogP contribution in [0.1, 0.15) is 258 Å². The monoisotopic (exact) mass is 919 g/mol. The lowest BCUT2D eigenvalue weighted by molar-refractivity contribution is -0.167. The van der Waals surface area contributed by atoms with Crippen LogP contribution >= 0.6 is 0 Å². The van der Waals surface area contributed by atoms with E-state index in [-0.39, 0.29) is 37.5 Å². The first-order valence-electron chi connectivity index (χ1n) is 27.6. The molecule has 0 aliphatic heterocycles. The fraction of sp³-hybridized carbons (Fsp3) is 0.717. The van der Waals surface area contributed by atoms with Gasteiger partial charge in [0.15, 0.2) is 6.10 Å². The predicted octanol–water partition coefficient (Wildman–Crippen LogP) is 18.4. The Kier molecular flexibility index (Phi) is 51.4. The molecule has 0 saturated carbocycles. The summed E-state index contributed by atoms with van der Waals surface area (Å²) >= 11 is 0. The average Bonchev–Trinajstić information content (AvgIpc) is 3.31. The van der Waals surface area contributed by atoms with Crippen LogP contribution in [0.4, 0.5) is 0 Å². The van der Waals surface area contributed by atoms with Gasteiger partial charge < -0.3 is 14.2 Å². The van der Waals surface area contributed by atoms with E-state index in [0.717, 1.165) is 103 Å². The summed E-state index contributed by atoms with van der Waals surface area (Å²) in [5, 5.41) is 0. The van der Waals surface area contributed by atoms with Crippen molar-refractivity contribution in [3.63, 3.8) is 0 Å². The van der Waals surface area contributed by atoms with Crippen molar-refractivity contribution in [1.29, 1.82) is 0 Å². The van der Waals surface area contributed by atoms with E-state index >= 15 is 0 Å². The van der Waals surface area contributed by atoms with Crippen LogP contribution in [-0.4, -0.2) is 37.2 Å². The minimum atomic E-state index is -0.802. The molecule has 0 saturated heterocycles. The molecule has 0 aromatic carbocycles. The topological polar surface area (TPSA) is 78.9 Å². The average molecular weight is 919 g/mol. The molecule has 1 atom stereocenters. The molecule has 0 aromatic rings. The van der Waals surface area contributed by atoms with E-state index in [1.165, 1.54) is 109 Å². The molecule has 378 valence electrons. The van der Waals surface area contributed by atoms with Gasteiger partial charge in [-0.2, -0.15) is 0 Å². The van der Waals surface area contributed by atoms with Gasteiger partial charge in [-0.1, -0.05) is 215 Å². The summed E-state index contributed by atoms with van der Waals surface area (Å²) in [6.07, 6.45) is 70.1. The van der Waals surface area contributed by atoms with Crippen LogP contribution in [-0.2, 0) is 28.6 Å². The Bertz CT molecular complexity index is 1290. The minimum Gasteiger partial charge on any atom is -0.462 e. The molecular formula is C60H102O6. The Morgan fingerprint density at radius 3 is 1.03 bits per heavy atom. The van der Waals surface area contributed by atoms with E-state index < -0.39 is 6.10 Å². The van der Waals surface area contributed by atoms with Gasteiger partial charge in [-0.05, 0) is 109 Å². The minimum absolute atomic E-state index is 0.0971. The number of esters is 3. The molecule has 0 N–H and O–H groups in total. The first kappa shape index (κ1) is 62.6. The van der Waals surface area contributed by atoms with E-state index in [4.69, 9.17) is 14.2 Å². The van der Waals surface area contributed by atoms with Gasteiger partial charge in [0.2, 0.25) is 0 Å². The first-order chi connectivity index (χ1) is 32.5. The highest BCUT2D eigenvalue weighted by molar-refractivity contribution is 5.71. The summed E-state index contributed by atoms with van der Waals surface area (Å²) in [5.41, 5.74) is 0. The summed E-state index contributed by atoms with van der Waals surface area (Å²) in [4.78, 5) is 38.0. The zero-order valence-electron chi connectivity index (χ0n) is 43.2. The molecule has 0 rings (SSSR count). The molecule has 0 heterocycles. The molecule has 6 nitrogen and oxygen atoms in total. The molecule has 6 heteroatoms. The molecule has 0 radical (unpaired) electrons. The quantitative estimate of drug-likeness (QED) is 0.0262. The lowest BCUT2D eigenvalue weighted by Gasteiger charge is -2.18. The molecule has 0 aliphatic carbocycles. The van der Waals surface area contributed by atoms with Gasteiger partial charge in [-0.3, -0.25) is 14.4 Å². The van der Waals surface area contributed by atoms with Gasteiger partial charge in [-0.25, -0.2) is 0 Å². The zero-order chi connectivity index (χ0) is 47.9.